The van der Waals surface area contributed by atoms with Gasteiger partial charge in [-0.25, -0.2) is 0 Å². The van der Waals surface area contributed by atoms with Gasteiger partial charge < -0.3 is 10.6 Å². The summed E-state index contributed by atoms with van der Waals surface area (Å²) in [6, 6.07) is 10.8. The highest BCUT2D eigenvalue weighted by Gasteiger charge is 2.19. The Hall–Kier alpha value is -1.35. The minimum Gasteiger partial charge on any atom is -0.370 e. The van der Waals surface area contributed by atoms with Gasteiger partial charge in [0.25, 0.3) is 0 Å². The van der Waals surface area contributed by atoms with Gasteiger partial charge in [-0.05, 0) is 56.8 Å². The maximum Gasteiger partial charge on any atom is 0.217 e. The summed E-state index contributed by atoms with van der Waals surface area (Å²) in [4.78, 5) is 13.2. The SMILES string of the molecule is NC(=O)CCCCN1CCC(c2ccccc2)CC1. The number of amides is 1. The van der Waals surface area contributed by atoms with Crippen molar-refractivity contribution < 1.29 is 4.79 Å². The zero-order valence-electron chi connectivity index (χ0n) is 11.6. The first kappa shape index (κ1) is 14.1. The summed E-state index contributed by atoms with van der Waals surface area (Å²) in [5.41, 5.74) is 6.62. The van der Waals surface area contributed by atoms with Crippen LogP contribution in [-0.4, -0.2) is 30.4 Å². The Morgan fingerprint density at radius 1 is 1.16 bits per heavy atom. The number of unbranched alkanes of at least 4 members (excludes halogenated alkanes) is 1. The number of carbonyl (C=O) groups is 1. The van der Waals surface area contributed by atoms with E-state index in [9.17, 15) is 4.79 Å². The Labute approximate surface area is 115 Å². The molecule has 19 heavy (non-hydrogen) atoms. The summed E-state index contributed by atoms with van der Waals surface area (Å²) < 4.78 is 0. The topological polar surface area (TPSA) is 46.3 Å². The smallest absolute Gasteiger partial charge is 0.217 e. The second kappa shape index (κ2) is 7.29. The molecule has 0 saturated carbocycles. The summed E-state index contributed by atoms with van der Waals surface area (Å²) >= 11 is 0. The lowest BCUT2D eigenvalue weighted by atomic mass is 9.89. The molecule has 0 unspecified atom stereocenters. The van der Waals surface area contributed by atoms with Crippen LogP contribution in [0, 0.1) is 0 Å². The quantitative estimate of drug-likeness (QED) is 0.799. The van der Waals surface area contributed by atoms with Crippen LogP contribution in [0.5, 0.6) is 0 Å². The summed E-state index contributed by atoms with van der Waals surface area (Å²) in [7, 11) is 0. The van der Waals surface area contributed by atoms with E-state index >= 15 is 0 Å². The molecule has 1 aromatic carbocycles. The molecule has 0 spiro atoms. The third-order valence-electron chi connectivity index (χ3n) is 4.01. The van der Waals surface area contributed by atoms with E-state index in [4.69, 9.17) is 5.73 Å². The molecule has 1 saturated heterocycles. The van der Waals surface area contributed by atoms with Gasteiger partial charge in [-0.3, -0.25) is 4.79 Å². The zero-order chi connectivity index (χ0) is 13.5. The number of piperidine rings is 1. The molecule has 1 aliphatic rings. The van der Waals surface area contributed by atoms with Crippen molar-refractivity contribution in [3.05, 3.63) is 35.9 Å². The van der Waals surface area contributed by atoms with E-state index in [1.165, 1.54) is 31.5 Å². The van der Waals surface area contributed by atoms with Gasteiger partial charge >= 0.3 is 0 Å². The molecule has 3 nitrogen and oxygen atoms in total. The standard InChI is InChI=1S/C16H24N2O/c17-16(19)8-4-5-11-18-12-9-15(10-13-18)14-6-2-1-3-7-14/h1-3,6-7,15H,4-5,8-13H2,(H2,17,19). The third kappa shape index (κ3) is 4.67. The molecule has 0 bridgehead atoms. The fraction of sp³-hybridized carbons (Fsp3) is 0.562. The second-order valence-electron chi connectivity index (χ2n) is 5.45. The Kier molecular flexibility index (Phi) is 5.40. The molecule has 1 aliphatic heterocycles. The lowest BCUT2D eigenvalue weighted by molar-refractivity contribution is -0.118. The van der Waals surface area contributed by atoms with Crippen LogP contribution in [0.15, 0.2) is 30.3 Å². The second-order valence-corrected chi connectivity index (χ2v) is 5.45. The van der Waals surface area contributed by atoms with Crippen molar-refractivity contribution in [3.63, 3.8) is 0 Å². The highest BCUT2D eigenvalue weighted by Crippen LogP contribution is 2.27. The monoisotopic (exact) mass is 260 g/mol. The van der Waals surface area contributed by atoms with Gasteiger partial charge in [-0.2, -0.15) is 0 Å². The molecule has 1 amide bonds. The maximum atomic E-state index is 10.7. The number of benzene rings is 1. The average molecular weight is 260 g/mol. The first-order valence-corrected chi connectivity index (χ1v) is 7.31. The predicted molar refractivity (Wildman–Crippen MR) is 77.9 cm³/mol. The minimum absolute atomic E-state index is 0.178. The lowest BCUT2D eigenvalue weighted by Gasteiger charge is -2.32. The van der Waals surface area contributed by atoms with Crippen LogP contribution in [0.4, 0.5) is 0 Å². The van der Waals surface area contributed by atoms with Crippen LogP contribution < -0.4 is 5.73 Å². The molecule has 104 valence electrons. The first-order chi connectivity index (χ1) is 9.25. The Morgan fingerprint density at radius 3 is 2.47 bits per heavy atom. The summed E-state index contributed by atoms with van der Waals surface area (Å²) in [5.74, 6) is 0.547. The molecular weight excluding hydrogens is 236 g/mol. The Bertz CT molecular complexity index is 383. The van der Waals surface area contributed by atoms with Crippen LogP contribution in [0.1, 0.15) is 43.6 Å². The van der Waals surface area contributed by atoms with Crippen LogP contribution >= 0.6 is 0 Å². The number of carbonyl (C=O) groups excluding carboxylic acids is 1. The van der Waals surface area contributed by atoms with Crippen LogP contribution in [0.25, 0.3) is 0 Å². The van der Waals surface area contributed by atoms with Crippen molar-refractivity contribution in [1.29, 1.82) is 0 Å². The fourth-order valence-electron chi connectivity index (χ4n) is 2.85. The predicted octanol–water partition coefficient (Wildman–Crippen LogP) is 2.52. The summed E-state index contributed by atoms with van der Waals surface area (Å²) in [6.07, 6.45) is 5.03. The summed E-state index contributed by atoms with van der Waals surface area (Å²) in [5, 5.41) is 0. The number of hydrogen-bond donors (Lipinski definition) is 1. The van der Waals surface area contributed by atoms with Crippen molar-refractivity contribution in [2.24, 2.45) is 5.73 Å². The number of hydrogen-bond acceptors (Lipinski definition) is 2. The van der Waals surface area contributed by atoms with E-state index in [-0.39, 0.29) is 5.91 Å². The van der Waals surface area contributed by atoms with Gasteiger partial charge in [-0.1, -0.05) is 30.3 Å². The van der Waals surface area contributed by atoms with Gasteiger partial charge in [0.1, 0.15) is 0 Å². The molecule has 3 heteroatoms. The van der Waals surface area contributed by atoms with Crippen LogP contribution in [0.2, 0.25) is 0 Å². The lowest BCUT2D eigenvalue weighted by Crippen LogP contribution is -2.33. The number of likely N-dealkylation sites (tertiary alicyclic amines) is 1. The van der Waals surface area contributed by atoms with Crippen LogP contribution in [-0.2, 0) is 4.79 Å². The van der Waals surface area contributed by atoms with Crippen molar-refractivity contribution >= 4 is 5.91 Å². The van der Waals surface area contributed by atoms with Gasteiger partial charge in [0.2, 0.25) is 5.91 Å². The van der Waals surface area contributed by atoms with Gasteiger partial charge in [-0.15, -0.1) is 0 Å². The van der Waals surface area contributed by atoms with E-state index < -0.39 is 0 Å². The molecular formula is C16H24N2O. The molecule has 0 aromatic heterocycles. The number of nitrogens with two attached hydrogens (primary N) is 1. The maximum absolute atomic E-state index is 10.7. The summed E-state index contributed by atoms with van der Waals surface area (Å²) in [6.45, 7) is 3.46. The van der Waals surface area contributed by atoms with Gasteiger partial charge in [0, 0.05) is 6.42 Å². The normalized spacial score (nSPS) is 17.5. The molecule has 0 atom stereocenters. The van der Waals surface area contributed by atoms with Crippen molar-refractivity contribution in [1.82, 2.24) is 4.90 Å². The van der Waals surface area contributed by atoms with Gasteiger partial charge in [0.05, 0.1) is 0 Å². The molecule has 1 aromatic rings. The largest absolute Gasteiger partial charge is 0.370 e. The number of rotatable bonds is 6. The van der Waals surface area contributed by atoms with Crippen molar-refractivity contribution in [3.8, 4) is 0 Å². The highest BCUT2D eigenvalue weighted by atomic mass is 16.1. The fourth-order valence-corrected chi connectivity index (χ4v) is 2.85. The minimum atomic E-state index is -0.178. The molecule has 0 aliphatic carbocycles. The Morgan fingerprint density at radius 2 is 1.84 bits per heavy atom. The molecule has 2 N–H and O–H groups in total. The number of primary amides is 1. The first-order valence-electron chi connectivity index (χ1n) is 7.31. The third-order valence-corrected chi connectivity index (χ3v) is 4.01. The molecule has 1 heterocycles. The highest BCUT2D eigenvalue weighted by molar-refractivity contribution is 5.73. The van der Waals surface area contributed by atoms with Crippen molar-refractivity contribution in [2.45, 2.75) is 38.0 Å². The van der Waals surface area contributed by atoms with Gasteiger partial charge in [0.15, 0.2) is 0 Å². The van der Waals surface area contributed by atoms with Crippen molar-refractivity contribution in [2.75, 3.05) is 19.6 Å². The molecule has 0 radical (unpaired) electrons. The Balaban J connectivity index is 1.67. The van der Waals surface area contributed by atoms with E-state index in [1.807, 2.05) is 0 Å². The van der Waals surface area contributed by atoms with Crippen LogP contribution in [0.3, 0.4) is 0 Å². The van der Waals surface area contributed by atoms with E-state index in [1.54, 1.807) is 0 Å². The zero-order valence-corrected chi connectivity index (χ0v) is 11.6. The van der Waals surface area contributed by atoms with E-state index in [2.05, 4.69) is 35.2 Å². The average Bonchev–Trinajstić information content (AvgIpc) is 2.45. The molecule has 1 fully saturated rings. The molecule has 2 rings (SSSR count). The van der Waals surface area contributed by atoms with E-state index in [0.29, 0.717) is 6.42 Å². The number of nitrogens with zero attached hydrogens (tertiary/aromatic N) is 1. The van der Waals surface area contributed by atoms with E-state index in [0.717, 1.165) is 25.3 Å².